The van der Waals surface area contributed by atoms with Crippen molar-refractivity contribution >= 4 is 44.6 Å². The molecule has 0 spiro atoms. The molecule has 3 aromatic heterocycles. The highest BCUT2D eigenvalue weighted by molar-refractivity contribution is 7.20. The maximum atomic E-state index is 12.5. The van der Waals surface area contributed by atoms with Crippen LogP contribution >= 0.6 is 22.7 Å². The molecule has 124 valence electrons. The van der Waals surface area contributed by atoms with E-state index in [1.165, 1.54) is 29.1 Å². The van der Waals surface area contributed by atoms with Crippen molar-refractivity contribution in [3.05, 3.63) is 39.2 Å². The molecular formula is C17H18N4OS2. The van der Waals surface area contributed by atoms with Crippen LogP contribution in [0.15, 0.2) is 23.8 Å². The fraction of sp³-hybridized carbons (Fsp3) is 0.353. The molecule has 0 aliphatic heterocycles. The number of amides is 1. The van der Waals surface area contributed by atoms with E-state index in [1.54, 1.807) is 17.7 Å². The minimum absolute atomic E-state index is 0.00612. The standard InChI is InChI=1S/C17H18N4OS2/c1-10-13-15(18-8-12-3-2-6-23-12)20-9-21-17(13)24-14(10)16(22)19-7-11-4-5-11/h2-3,6,9,11H,4-5,7-8H2,1H3,(H,19,22)(H,18,20,21). The molecule has 1 amide bonds. The number of hydrogen-bond donors (Lipinski definition) is 2. The van der Waals surface area contributed by atoms with E-state index < -0.39 is 0 Å². The van der Waals surface area contributed by atoms with Crippen molar-refractivity contribution in [3.8, 4) is 0 Å². The molecule has 0 radical (unpaired) electrons. The normalized spacial score (nSPS) is 14.0. The lowest BCUT2D eigenvalue weighted by Gasteiger charge is -2.06. The molecule has 24 heavy (non-hydrogen) atoms. The third-order valence-electron chi connectivity index (χ3n) is 4.19. The van der Waals surface area contributed by atoms with Crippen molar-refractivity contribution < 1.29 is 4.79 Å². The number of rotatable bonds is 6. The fourth-order valence-corrected chi connectivity index (χ4v) is 4.36. The summed E-state index contributed by atoms with van der Waals surface area (Å²) in [5.41, 5.74) is 0.956. The van der Waals surface area contributed by atoms with Crippen molar-refractivity contribution in [2.24, 2.45) is 5.92 Å². The Bertz CT molecular complexity index is 868. The van der Waals surface area contributed by atoms with Crippen molar-refractivity contribution in [2.75, 3.05) is 11.9 Å². The second-order valence-corrected chi connectivity index (χ2v) is 8.08. The van der Waals surface area contributed by atoms with Gasteiger partial charge in [0.15, 0.2) is 0 Å². The first-order chi connectivity index (χ1) is 11.7. The van der Waals surface area contributed by atoms with Crippen molar-refractivity contribution in [1.82, 2.24) is 15.3 Å². The van der Waals surface area contributed by atoms with Crippen LogP contribution < -0.4 is 10.6 Å². The summed E-state index contributed by atoms with van der Waals surface area (Å²) in [7, 11) is 0. The summed E-state index contributed by atoms with van der Waals surface area (Å²) in [5.74, 6) is 1.47. The second kappa shape index (κ2) is 6.49. The molecule has 0 unspecified atom stereocenters. The van der Waals surface area contributed by atoms with Crippen molar-refractivity contribution in [3.63, 3.8) is 0 Å². The van der Waals surface area contributed by atoms with Crippen LogP contribution in [0.4, 0.5) is 5.82 Å². The van der Waals surface area contributed by atoms with Gasteiger partial charge in [-0.1, -0.05) is 6.07 Å². The molecule has 0 atom stereocenters. The molecule has 0 bridgehead atoms. The number of aromatic nitrogens is 2. The number of nitrogens with one attached hydrogen (secondary N) is 2. The third kappa shape index (κ3) is 3.14. The smallest absolute Gasteiger partial charge is 0.261 e. The first kappa shape index (κ1) is 15.5. The predicted molar refractivity (Wildman–Crippen MR) is 98.9 cm³/mol. The highest BCUT2D eigenvalue weighted by atomic mass is 32.1. The lowest BCUT2D eigenvalue weighted by Crippen LogP contribution is -2.25. The first-order valence-electron chi connectivity index (χ1n) is 8.01. The molecule has 1 fully saturated rings. The predicted octanol–water partition coefficient (Wildman–Crippen LogP) is 3.81. The van der Waals surface area contributed by atoms with Gasteiger partial charge in [-0.3, -0.25) is 4.79 Å². The van der Waals surface area contributed by atoms with Gasteiger partial charge < -0.3 is 10.6 Å². The average molecular weight is 358 g/mol. The summed E-state index contributed by atoms with van der Waals surface area (Å²) < 4.78 is 0. The van der Waals surface area contributed by atoms with Crippen LogP contribution in [0.5, 0.6) is 0 Å². The van der Waals surface area contributed by atoms with Gasteiger partial charge in [0.2, 0.25) is 0 Å². The van der Waals surface area contributed by atoms with Gasteiger partial charge in [0, 0.05) is 11.4 Å². The van der Waals surface area contributed by atoms with E-state index in [4.69, 9.17) is 0 Å². The van der Waals surface area contributed by atoms with Crippen LogP contribution in [-0.4, -0.2) is 22.4 Å². The molecule has 3 aromatic rings. The van der Waals surface area contributed by atoms with E-state index in [-0.39, 0.29) is 5.91 Å². The number of carbonyl (C=O) groups is 1. The lowest BCUT2D eigenvalue weighted by molar-refractivity contribution is 0.0955. The van der Waals surface area contributed by atoms with E-state index in [9.17, 15) is 4.79 Å². The number of thiophene rings is 2. The molecule has 7 heteroatoms. The van der Waals surface area contributed by atoms with E-state index in [0.29, 0.717) is 5.92 Å². The monoisotopic (exact) mass is 358 g/mol. The topological polar surface area (TPSA) is 66.9 Å². The van der Waals surface area contributed by atoms with Gasteiger partial charge >= 0.3 is 0 Å². The summed E-state index contributed by atoms with van der Waals surface area (Å²) in [6.45, 7) is 3.48. The summed E-state index contributed by atoms with van der Waals surface area (Å²) >= 11 is 3.15. The quantitative estimate of drug-likeness (QED) is 0.703. The van der Waals surface area contributed by atoms with Gasteiger partial charge in [0.1, 0.15) is 17.0 Å². The second-order valence-electron chi connectivity index (χ2n) is 6.04. The minimum atomic E-state index is 0.00612. The number of aryl methyl sites for hydroxylation is 1. The van der Waals surface area contributed by atoms with E-state index >= 15 is 0 Å². The van der Waals surface area contributed by atoms with Gasteiger partial charge in [0.25, 0.3) is 5.91 Å². The highest BCUT2D eigenvalue weighted by Gasteiger charge is 2.24. The van der Waals surface area contributed by atoms with Gasteiger partial charge in [-0.25, -0.2) is 9.97 Å². The van der Waals surface area contributed by atoms with Crippen LogP contribution in [0.2, 0.25) is 0 Å². The average Bonchev–Trinajstić information content (AvgIpc) is 3.15. The van der Waals surface area contributed by atoms with Crippen LogP contribution in [0, 0.1) is 12.8 Å². The summed E-state index contributed by atoms with van der Waals surface area (Å²) in [6, 6.07) is 4.13. The molecule has 4 rings (SSSR count). The van der Waals surface area contributed by atoms with Crippen LogP contribution in [0.3, 0.4) is 0 Å². The maximum Gasteiger partial charge on any atom is 0.261 e. The van der Waals surface area contributed by atoms with Gasteiger partial charge in [-0.05, 0) is 42.7 Å². The van der Waals surface area contributed by atoms with Gasteiger partial charge in [-0.2, -0.15) is 0 Å². The fourth-order valence-electron chi connectivity index (χ4n) is 2.65. The Morgan fingerprint density at radius 2 is 2.25 bits per heavy atom. The number of nitrogens with zero attached hydrogens (tertiary/aromatic N) is 2. The van der Waals surface area contributed by atoms with E-state index in [2.05, 4.69) is 32.0 Å². The number of hydrogen-bond acceptors (Lipinski definition) is 6. The molecule has 1 saturated carbocycles. The molecule has 0 saturated heterocycles. The Kier molecular flexibility index (Phi) is 4.20. The van der Waals surface area contributed by atoms with Gasteiger partial charge in [-0.15, -0.1) is 22.7 Å². The molecule has 1 aliphatic rings. The largest absolute Gasteiger partial charge is 0.365 e. The minimum Gasteiger partial charge on any atom is -0.365 e. The maximum absolute atomic E-state index is 12.5. The Hall–Kier alpha value is -1.99. The molecule has 2 N–H and O–H groups in total. The SMILES string of the molecule is Cc1c(C(=O)NCC2CC2)sc2ncnc(NCc3cccs3)c12. The van der Waals surface area contributed by atoms with Crippen molar-refractivity contribution in [1.29, 1.82) is 0 Å². The third-order valence-corrected chi connectivity index (χ3v) is 6.27. The van der Waals surface area contributed by atoms with Crippen LogP contribution in [0.1, 0.15) is 33.0 Å². The van der Waals surface area contributed by atoms with Crippen LogP contribution in [0.25, 0.3) is 10.2 Å². The zero-order valence-corrected chi connectivity index (χ0v) is 15.0. The molecular weight excluding hydrogens is 340 g/mol. The molecule has 0 aromatic carbocycles. The molecule has 5 nitrogen and oxygen atoms in total. The van der Waals surface area contributed by atoms with E-state index in [1.807, 2.05) is 13.0 Å². The Labute approximate surface area is 148 Å². The van der Waals surface area contributed by atoms with Crippen LogP contribution in [-0.2, 0) is 6.54 Å². The number of anilines is 1. The summed E-state index contributed by atoms with van der Waals surface area (Å²) in [6.07, 6.45) is 4.02. The Morgan fingerprint density at radius 1 is 1.38 bits per heavy atom. The molecule has 3 heterocycles. The first-order valence-corrected chi connectivity index (χ1v) is 9.70. The summed E-state index contributed by atoms with van der Waals surface area (Å²) in [5, 5.41) is 9.43. The zero-order valence-electron chi connectivity index (χ0n) is 13.3. The lowest BCUT2D eigenvalue weighted by atomic mass is 10.2. The molecule has 1 aliphatic carbocycles. The zero-order chi connectivity index (χ0) is 16.5. The van der Waals surface area contributed by atoms with Gasteiger partial charge in [0.05, 0.1) is 16.8 Å². The van der Waals surface area contributed by atoms with Crippen molar-refractivity contribution in [2.45, 2.75) is 26.3 Å². The number of fused-ring (bicyclic) bond motifs is 1. The van der Waals surface area contributed by atoms with E-state index in [0.717, 1.165) is 39.6 Å². The highest BCUT2D eigenvalue weighted by Crippen LogP contribution is 2.34. The number of carbonyl (C=O) groups excluding carboxylic acids is 1. The Morgan fingerprint density at radius 3 is 3.00 bits per heavy atom. The Balaban J connectivity index is 1.59. The summed E-state index contributed by atoms with van der Waals surface area (Å²) in [4.78, 5) is 24.0.